The normalized spacial score (nSPS) is 12.5. The second kappa shape index (κ2) is 17.4. The molecular weight excluding hydrogens is 883 g/mol. The molecule has 2 nitrogen and oxygen atoms in total. The molecule has 0 aliphatic heterocycles. The lowest BCUT2D eigenvalue weighted by molar-refractivity contribution is 0.669. The van der Waals surface area contributed by atoms with Crippen molar-refractivity contribution in [1.82, 2.24) is 0 Å². The first-order valence-corrected chi connectivity index (χ1v) is 25.2. The smallest absolute Gasteiger partial charge is 0.136 e. The molecule has 12 aromatic carbocycles. The lowest BCUT2D eigenvalue weighted by Crippen LogP contribution is -2.28. The lowest BCUT2D eigenvalue weighted by atomic mass is 9.67. The molecule has 73 heavy (non-hydrogen) atoms. The van der Waals surface area contributed by atoms with E-state index in [1.54, 1.807) is 0 Å². The van der Waals surface area contributed by atoms with Crippen molar-refractivity contribution in [3.05, 3.63) is 307 Å². The number of hydrogen-bond acceptors (Lipinski definition) is 2. The number of hydrogen-bond donors (Lipinski definition) is 0. The molecule has 342 valence electrons. The molecule has 14 rings (SSSR count). The predicted octanol–water partition coefficient (Wildman–Crippen LogP) is 19.2. The van der Waals surface area contributed by atoms with Crippen LogP contribution in [-0.4, -0.2) is 0 Å². The van der Waals surface area contributed by atoms with E-state index in [0.29, 0.717) is 0 Å². The van der Waals surface area contributed by atoms with Gasteiger partial charge in [0, 0.05) is 27.4 Å². The van der Waals surface area contributed by atoms with Crippen LogP contribution in [0.3, 0.4) is 0 Å². The first kappa shape index (κ1) is 42.4. The summed E-state index contributed by atoms with van der Waals surface area (Å²) in [6.07, 6.45) is 0. The largest absolute Gasteiger partial charge is 0.456 e. The first-order valence-electron chi connectivity index (χ1n) is 25.2. The minimum Gasteiger partial charge on any atom is -0.456 e. The molecule has 0 N–H and O–H groups in total. The van der Waals surface area contributed by atoms with Gasteiger partial charge < -0.3 is 9.32 Å². The van der Waals surface area contributed by atoms with Gasteiger partial charge in [-0.3, -0.25) is 0 Å². The van der Waals surface area contributed by atoms with Crippen molar-refractivity contribution < 1.29 is 4.42 Å². The zero-order chi connectivity index (χ0) is 48.3. The van der Waals surface area contributed by atoms with Crippen LogP contribution in [0.2, 0.25) is 0 Å². The van der Waals surface area contributed by atoms with Crippen molar-refractivity contribution in [2.45, 2.75) is 5.41 Å². The zero-order valence-corrected chi connectivity index (χ0v) is 40.0. The first-order chi connectivity index (χ1) is 36.2. The SMILES string of the molecule is c1ccc(-c2ccc(-c3ccc(N(c4ccc(-c5cccc6oc7ccccc7c56)cc4)c4ccccc4-c4cccc5c4-c4ccccc4C5(c4ccccc4)c4ccccc4)c4ccccc34)cc2)cc1. The average molecular weight is 930 g/mol. The number of anilines is 3. The second-order valence-electron chi connectivity index (χ2n) is 19.1. The van der Waals surface area contributed by atoms with Gasteiger partial charge in [0.05, 0.1) is 16.8 Å². The van der Waals surface area contributed by atoms with E-state index >= 15 is 0 Å². The number of rotatable bonds is 9. The van der Waals surface area contributed by atoms with Gasteiger partial charge in [0.25, 0.3) is 0 Å². The van der Waals surface area contributed by atoms with Gasteiger partial charge in [-0.05, 0) is 114 Å². The Morgan fingerprint density at radius 1 is 0.274 bits per heavy atom. The van der Waals surface area contributed by atoms with Gasteiger partial charge in [-0.15, -0.1) is 0 Å². The van der Waals surface area contributed by atoms with Crippen LogP contribution in [0, 0.1) is 0 Å². The highest BCUT2D eigenvalue weighted by Crippen LogP contribution is 2.59. The van der Waals surface area contributed by atoms with Gasteiger partial charge in [-0.25, -0.2) is 0 Å². The van der Waals surface area contributed by atoms with Crippen LogP contribution in [-0.2, 0) is 5.41 Å². The number of furan rings is 1. The Balaban J connectivity index is 0.986. The molecule has 0 bridgehead atoms. The molecule has 0 saturated carbocycles. The maximum Gasteiger partial charge on any atom is 0.136 e. The summed E-state index contributed by atoms with van der Waals surface area (Å²) in [5.41, 5.74) is 21.5. The maximum atomic E-state index is 6.36. The van der Waals surface area contributed by atoms with E-state index in [4.69, 9.17) is 4.42 Å². The minimum atomic E-state index is -0.524. The van der Waals surface area contributed by atoms with Crippen molar-refractivity contribution in [2.24, 2.45) is 0 Å². The van der Waals surface area contributed by atoms with E-state index in [1.165, 1.54) is 66.6 Å². The quantitative estimate of drug-likeness (QED) is 0.143. The third kappa shape index (κ3) is 6.79. The molecule has 0 amide bonds. The molecule has 0 spiro atoms. The summed E-state index contributed by atoms with van der Waals surface area (Å²) in [7, 11) is 0. The van der Waals surface area contributed by atoms with Crippen molar-refractivity contribution >= 4 is 49.8 Å². The minimum absolute atomic E-state index is 0.524. The summed E-state index contributed by atoms with van der Waals surface area (Å²) in [5, 5.41) is 4.60. The maximum absolute atomic E-state index is 6.36. The Bertz CT molecular complexity index is 4130. The molecule has 0 atom stereocenters. The predicted molar refractivity (Wildman–Crippen MR) is 305 cm³/mol. The number of para-hydroxylation sites is 2. The van der Waals surface area contributed by atoms with Gasteiger partial charge >= 0.3 is 0 Å². The Labute approximate surface area is 425 Å². The van der Waals surface area contributed by atoms with E-state index in [0.717, 1.165) is 61.1 Å². The van der Waals surface area contributed by atoms with Gasteiger partial charge in [0.15, 0.2) is 0 Å². The molecule has 0 radical (unpaired) electrons. The molecule has 1 heterocycles. The topological polar surface area (TPSA) is 16.4 Å². The van der Waals surface area contributed by atoms with Crippen molar-refractivity contribution in [3.63, 3.8) is 0 Å². The fourth-order valence-electron chi connectivity index (χ4n) is 12.0. The molecular formula is C71H47NO. The molecule has 0 unspecified atom stereocenters. The van der Waals surface area contributed by atoms with Crippen molar-refractivity contribution in [3.8, 4) is 55.6 Å². The van der Waals surface area contributed by atoms with Gasteiger partial charge in [-0.1, -0.05) is 249 Å². The van der Waals surface area contributed by atoms with E-state index in [1.807, 2.05) is 6.07 Å². The van der Waals surface area contributed by atoms with Gasteiger partial charge in [-0.2, -0.15) is 0 Å². The summed E-state index contributed by atoms with van der Waals surface area (Å²) in [6, 6.07) is 104. The summed E-state index contributed by atoms with van der Waals surface area (Å²) < 4.78 is 6.36. The van der Waals surface area contributed by atoms with Crippen LogP contribution < -0.4 is 4.90 Å². The molecule has 1 aromatic heterocycles. The van der Waals surface area contributed by atoms with Crippen LogP contribution in [0.5, 0.6) is 0 Å². The highest BCUT2D eigenvalue weighted by atomic mass is 16.3. The van der Waals surface area contributed by atoms with Crippen LogP contribution in [0.1, 0.15) is 22.3 Å². The van der Waals surface area contributed by atoms with Gasteiger partial charge in [0.1, 0.15) is 11.2 Å². The molecule has 13 aromatic rings. The summed E-state index contributed by atoms with van der Waals surface area (Å²) in [4.78, 5) is 2.49. The number of benzene rings is 12. The van der Waals surface area contributed by atoms with Crippen LogP contribution in [0.25, 0.3) is 88.3 Å². The third-order valence-electron chi connectivity index (χ3n) is 15.2. The van der Waals surface area contributed by atoms with Crippen molar-refractivity contribution in [1.29, 1.82) is 0 Å². The van der Waals surface area contributed by atoms with Crippen molar-refractivity contribution in [2.75, 3.05) is 4.90 Å². The Morgan fingerprint density at radius 2 is 0.781 bits per heavy atom. The van der Waals surface area contributed by atoms with Crippen LogP contribution >= 0.6 is 0 Å². The summed E-state index contributed by atoms with van der Waals surface area (Å²) >= 11 is 0. The highest BCUT2D eigenvalue weighted by molar-refractivity contribution is 6.13. The third-order valence-corrected chi connectivity index (χ3v) is 15.2. The lowest BCUT2D eigenvalue weighted by Gasteiger charge is -2.34. The van der Waals surface area contributed by atoms with Crippen LogP contribution in [0.15, 0.2) is 290 Å². The fraction of sp³-hybridized carbons (Fsp3) is 0.0141. The molecule has 1 aliphatic carbocycles. The summed E-state index contributed by atoms with van der Waals surface area (Å²) in [6.45, 7) is 0. The average Bonchev–Trinajstić information content (AvgIpc) is 4.03. The Hall–Kier alpha value is -9.50. The fourth-order valence-corrected chi connectivity index (χ4v) is 12.0. The zero-order valence-electron chi connectivity index (χ0n) is 40.0. The number of nitrogens with zero attached hydrogens (tertiary/aromatic N) is 1. The van der Waals surface area contributed by atoms with E-state index in [2.05, 4.69) is 284 Å². The van der Waals surface area contributed by atoms with E-state index < -0.39 is 5.41 Å². The number of fused-ring (bicyclic) bond motifs is 7. The monoisotopic (exact) mass is 929 g/mol. The Kier molecular flexibility index (Phi) is 10.1. The van der Waals surface area contributed by atoms with Gasteiger partial charge in [0.2, 0.25) is 0 Å². The molecule has 0 fully saturated rings. The second-order valence-corrected chi connectivity index (χ2v) is 19.1. The highest BCUT2D eigenvalue weighted by Gasteiger charge is 2.47. The molecule has 2 heteroatoms. The van der Waals surface area contributed by atoms with E-state index in [9.17, 15) is 0 Å². The molecule has 0 saturated heterocycles. The van der Waals surface area contributed by atoms with E-state index in [-0.39, 0.29) is 0 Å². The molecule has 1 aliphatic rings. The standard InChI is InChI=1S/C71H47NO/c1-4-20-48(21-5-1)49-38-40-50(41-39-49)55-46-47-66(58-27-11-10-26-57(55)58)72(54-44-42-51(43-45-54)56-31-19-37-68-70(56)62-30-14-17-36-67(62)73-68)65-35-16-13-28-59(65)60-32-18-34-64-69(60)61-29-12-15-33-63(61)71(64,52-22-6-2-7-23-52)53-24-8-3-9-25-53/h1-47H. The van der Waals surface area contributed by atoms with Crippen LogP contribution in [0.4, 0.5) is 17.1 Å². The Morgan fingerprint density at radius 3 is 1.53 bits per heavy atom. The summed E-state index contributed by atoms with van der Waals surface area (Å²) in [5.74, 6) is 0.